The lowest BCUT2D eigenvalue weighted by atomic mass is 10.1. The summed E-state index contributed by atoms with van der Waals surface area (Å²) in [5.74, 6) is 0.00891. The van der Waals surface area contributed by atoms with Crippen molar-refractivity contribution in [1.29, 1.82) is 0 Å². The molecule has 6 heteroatoms. The fraction of sp³-hybridized carbons (Fsp3) is 0.381. The van der Waals surface area contributed by atoms with Crippen molar-refractivity contribution in [1.82, 2.24) is 9.80 Å². The Morgan fingerprint density at radius 3 is 2.26 bits per heavy atom. The van der Waals surface area contributed by atoms with Gasteiger partial charge < -0.3 is 0 Å². The van der Waals surface area contributed by atoms with Crippen molar-refractivity contribution in [2.24, 2.45) is 0 Å². The van der Waals surface area contributed by atoms with Crippen LogP contribution < -0.4 is 0 Å². The second-order valence-corrected chi connectivity index (χ2v) is 7.14. The Kier molecular flexibility index (Phi) is 8.71. The largest absolute Gasteiger partial charge is 0.297 e. The van der Waals surface area contributed by atoms with Crippen LogP contribution in [0.3, 0.4) is 0 Å². The van der Waals surface area contributed by atoms with Gasteiger partial charge >= 0.3 is 0 Å². The van der Waals surface area contributed by atoms with Crippen molar-refractivity contribution in [3.8, 4) is 0 Å². The van der Waals surface area contributed by atoms with E-state index in [2.05, 4.69) is 4.90 Å². The molecule has 2 aromatic carbocycles. The van der Waals surface area contributed by atoms with Crippen LogP contribution in [0.1, 0.15) is 28.8 Å². The van der Waals surface area contributed by atoms with Gasteiger partial charge in [0, 0.05) is 49.7 Å². The lowest BCUT2D eigenvalue weighted by Crippen LogP contribution is -2.48. The summed E-state index contributed by atoms with van der Waals surface area (Å²) in [5.41, 5.74) is 1.88. The smallest absolute Gasteiger partial charge is 0.163 e. The number of hydrogen-bond acceptors (Lipinski definition) is 3. The van der Waals surface area contributed by atoms with Gasteiger partial charge in [-0.2, -0.15) is 0 Å². The fourth-order valence-electron chi connectivity index (χ4n) is 3.25. The molecule has 0 radical (unpaired) electrons. The average molecular weight is 411 g/mol. The van der Waals surface area contributed by atoms with E-state index in [4.69, 9.17) is 11.6 Å². The second-order valence-electron chi connectivity index (χ2n) is 6.70. The standard InChI is InChI=1S/C21H24ClFN2O.ClH/c22-19-8-6-17(7-9-19)16-24-12-14-25(15-13-24)21(23)11-10-20(26)18-4-2-1-3-5-18;/h1-9,21H,10-16H2;1H. The summed E-state index contributed by atoms with van der Waals surface area (Å²) in [6.07, 6.45) is -0.554. The van der Waals surface area contributed by atoms with Gasteiger partial charge in [0.15, 0.2) is 12.1 Å². The van der Waals surface area contributed by atoms with Crippen LogP contribution in [0.25, 0.3) is 0 Å². The second kappa shape index (κ2) is 10.8. The maximum Gasteiger partial charge on any atom is 0.163 e. The van der Waals surface area contributed by atoms with E-state index >= 15 is 0 Å². The first kappa shape index (κ1) is 21.8. The fourth-order valence-corrected chi connectivity index (χ4v) is 3.38. The summed E-state index contributed by atoms with van der Waals surface area (Å²) in [4.78, 5) is 16.3. The molecule has 1 heterocycles. The summed E-state index contributed by atoms with van der Waals surface area (Å²) in [6, 6.07) is 17.0. The summed E-state index contributed by atoms with van der Waals surface area (Å²) >= 11 is 5.91. The number of piperazine rings is 1. The molecule has 1 atom stereocenters. The number of hydrogen-bond donors (Lipinski definition) is 0. The third-order valence-corrected chi connectivity index (χ3v) is 5.08. The summed E-state index contributed by atoms with van der Waals surface area (Å²) in [6.45, 7) is 3.89. The highest BCUT2D eigenvalue weighted by Crippen LogP contribution is 2.17. The summed E-state index contributed by atoms with van der Waals surface area (Å²) in [7, 11) is 0. The van der Waals surface area contributed by atoms with E-state index in [0.29, 0.717) is 18.7 Å². The minimum atomic E-state index is -1.06. The van der Waals surface area contributed by atoms with Crippen LogP contribution >= 0.6 is 24.0 Å². The van der Waals surface area contributed by atoms with E-state index < -0.39 is 6.30 Å². The van der Waals surface area contributed by atoms with E-state index in [-0.39, 0.29) is 31.0 Å². The maximum absolute atomic E-state index is 14.5. The number of halogens is 3. The Morgan fingerprint density at radius 2 is 1.63 bits per heavy atom. The normalized spacial score (nSPS) is 16.5. The Balaban J connectivity index is 0.00000261. The van der Waals surface area contributed by atoms with Crippen LogP contribution in [0.5, 0.6) is 0 Å². The highest BCUT2D eigenvalue weighted by atomic mass is 35.5. The quantitative estimate of drug-likeness (QED) is 0.481. The number of carbonyl (C=O) groups is 1. The molecule has 3 nitrogen and oxygen atoms in total. The minimum Gasteiger partial charge on any atom is -0.297 e. The van der Waals surface area contributed by atoms with Crippen LogP contribution in [-0.2, 0) is 6.54 Å². The van der Waals surface area contributed by atoms with Crippen LogP contribution in [0.4, 0.5) is 4.39 Å². The molecule has 0 N–H and O–H groups in total. The Labute approximate surface area is 171 Å². The van der Waals surface area contributed by atoms with Crippen molar-refractivity contribution >= 4 is 29.8 Å². The van der Waals surface area contributed by atoms with Crippen LogP contribution in [-0.4, -0.2) is 48.1 Å². The molecular formula is C21H25Cl2FN2O. The number of alkyl halides is 1. The first-order valence-corrected chi connectivity index (χ1v) is 9.43. The molecule has 0 aliphatic carbocycles. The van der Waals surface area contributed by atoms with Gasteiger partial charge in [-0.05, 0) is 24.1 Å². The van der Waals surface area contributed by atoms with Gasteiger partial charge in [0.25, 0.3) is 0 Å². The SMILES string of the molecule is Cl.O=C(CCC(F)N1CCN(Cc2ccc(Cl)cc2)CC1)c1ccccc1. The highest BCUT2D eigenvalue weighted by molar-refractivity contribution is 6.30. The van der Waals surface area contributed by atoms with E-state index in [1.54, 1.807) is 12.1 Å². The molecule has 1 aliphatic heterocycles. The molecule has 0 amide bonds. The number of benzene rings is 2. The molecule has 1 unspecified atom stereocenters. The highest BCUT2D eigenvalue weighted by Gasteiger charge is 2.24. The molecule has 1 aliphatic rings. The predicted molar refractivity (Wildman–Crippen MR) is 110 cm³/mol. The number of rotatable bonds is 7. The van der Waals surface area contributed by atoms with Gasteiger partial charge in [-0.3, -0.25) is 14.6 Å². The lowest BCUT2D eigenvalue weighted by Gasteiger charge is -2.36. The van der Waals surface area contributed by atoms with Crippen LogP contribution in [0, 0.1) is 0 Å². The summed E-state index contributed by atoms with van der Waals surface area (Å²) in [5, 5.41) is 0.740. The van der Waals surface area contributed by atoms with Gasteiger partial charge in [0.1, 0.15) is 0 Å². The number of ketones is 1. The molecular weight excluding hydrogens is 386 g/mol. The number of carbonyl (C=O) groups excluding carboxylic acids is 1. The Bertz CT molecular complexity index is 704. The molecule has 2 aromatic rings. The van der Waals surface area contributed by atoms with E-state index in [9.17, 15) is 9.18 Å². The zero-order valence-electron chi connectivity index (χ0n) is 15.2. The van der Waals surface area contributed by atoms with Crippen molar-refractivity contribution < 1.29 is 9.18 Å². The zero-order chi connectivity index (χ0) is 18.4. The predicted octanol–water partition coefficient (Wildman–Crippen LogP) is 4.84. The van der Waals surface area contributed by atoms with E-state index in [0.717, 1.165) is 24.7 Å². The van der Waals surface area contributed by atoms with Gasteiger partial charge in [-0.1, -0.05) is 54.1 Å². The maximum atomic E-state index is 14.5. The monoisotopic (exact) mass is 410 g/mol. The first-order valence-electron chi connectivity index (χ1n) is 9.05. The lowest BCUT2D eigenvalue weighted by molar-refractivity contribution is 0.0237. The van der Waals surface area contributed by atoms with E-state index in [1.807, 2.05) is 47.4 Å². The minimum absolute atomic E-state index is 0. The van der Waals surface area contributed by atoms with Crippen LogP contribution in [0.2, 0.25) is 5.02 Å². The van der Waals surface area contributed by atoms with Crippen molar-refractivity contribution in [3.63, 3.8) is 0 Å². The van der Waals surface area contributed by atoms with Crippen molar-refractivity contribution in [2.45, 2.75) is 25.7 Å². The van der Waals surface area contributed by atoms with Crippen LogP contribution in [0.15, 0.2) is 54.6 Å². The van der Waals surface area contributed by atoms with E-state index in [1.165, 1.54) is 5.56 Å². The van der Waals surface area contributed by atoms with Gasteiger partial charge in [0.2, 0.25) is 0 Å². The molecule has 27 heavy (non-hydrogen) atoms. The van der Waals surface area contributed by atoms with Gasteiger partial charge in [0.05, 0.1) is 0 Å². The average Bonchev–Trinajstić information content (AvgIpc) is 2.69. The Hall–Kier alpha value is -1.46. The topological polar surface area (TPSA) is 23.6 Å². The number of Topliss-reactive ketones (excluding diaryl/α,β-unsaturated/α-hetero) is 1. The molecule has 1 saturated heterocycles. The summed E-state index contributed by atoms with van der Waals surface area (Å²) < 4.78 is 14.5. The third-order valence-electron chi connectivity index (χ3n) is 4.83. The third kappa shape index (κ3) is 6.58. The molecule has 0 bridgehead atoms. The number of nitrogens with zero attached hydrogens (tertiary/aromatic N) is 2. The van der Waals surface area contributed by atoms with Crippen molar-refractivity contribution in [3.05, 3.63) is 70.7 Å². The molecule has 3 rings (SSSR count). The molecule has 0 saturated carbocycles. The first-order chi connectivity index (χ1) is 12.6. The Morgan fingerprint density at radius 1 is 1.00 bits per heavy atom. The van der Waals surface area contributed by atoms with Gasteiger partial charge in [-0.15, -0.1) is 12.4 Å². The van der Waals surface area contributed by atoms with Gasteiger partial charge in [-0.25, -0.2) is 4.39 Å². The van der Waals surface area contributed by atoms with Crippen molar-refractivity contribution in [2.75, 3.05) is 26.2 Å². The zero-order valence-corrected chi connectivity index (χ0v) is 16.8. The molecule has 146 valence electrons. The molecule has 0 aromatic heterocycles. The molecule has 0 spiro atoms. The molecule has 1 fully saturated rings.